The Balaban J connectivity index is 2.99. The van der Waals surface area contributed by atoms with Gasteiger partial charge in [-0.1, -0.05) is 5.16 Å². The summed E-state index contributed by atoms with van der Waals surface area (Å²) in [6.07, 6.45) is 0. The highest BCUT2D eigenvalue weighted by atomic mass is 19.1. The van der Waals surface area contributed by atoms with E-state index in [1.165, 1.54) is 12.1 Å². The minimum absolute atomic E-state index is 0.148. The van der Waals surface area contributed by atoms with E-state index in [0.717, 1.165) is 0 Å². The van der Waals surface area contributed by atoms with Gasteiger partial charge in [-0.2, -0.15) is 0 Å². The number of nitrogens with zero attached hydrogens (tertiary/aromatic N) is 2. The quantitative estimate of drug-likeness (QED) is 0.326. The average molecular weight is 255 g/mol. The highest BCUT2D eigenvalue weighted by Crippen LogP contribution is 2.21. The molecule has 0 atom stereocenters. The Kier molecular flexibility index (Phi) is 4.13. The van der Waals surface area contributed by atoms with Crippen LogP contribution in [0.15, 0.2) is 23.4 Å². The third-order valence-corrected chi connectivity index (χ3v) is 2.39. The maximum absolute atomic E-state index is 13.9. The molecule has 1 aromatic carbocycles. The first kappa shape index (κ1) is 14.2. The van der Waals surface area contributed by atoms with Gasteiger partial charge in [-0.15, -0.1) is 0 Å². The molecule has 0 heterocycles. The first-order chi connectivity index (χ1) is 8.24. The summed E-state index contributed by atoms with van der Waals surface area (Å²) in [5, 5.41) is 21.0. The fourth-order valence-electron chi connectivity index (χ4n) is 1.70. The van der Waals surface area contributed by atoms with E-state index in [1.54, 1.807) is 31.9 Å². The lowest BCUT2D eigenvalue weighted by Gasteiger charge is -2.27. The van der Waals surface area contributed by atoms with Crippen molar-refractivity contribution in [3.8, 4) is 0 Å². The van der Waals surface area contributed by atoms with E-state index in [9.17, 15) is 9.50 Å². The van der Waals surface area contributed by atoms with E-state index in [0.29, 0.717) is 11.3 Å². The molecule has 1 aromatic rings. The van der Waals surface area contributed by atoms with Crippen molar-refractivity contribution in [1.82, 2.24) is 0 Å². The van der Waals surface area contributed by atoms with Gasteiger partial charge in [0.2, 0.25) is 0 Å². The Bertz CT molecular complexity index is 455. The summed E-state index contributed by atoms with van der Waals surface area (Å²) in [5.74, 6) is -0.642. The molecule has 0 aliphatic carbocycles. The van der Waals surface area contributed by atoms with E-state index in [4.69, 9.17) is 10.9 Å². The van der Waals surface area contributed by atoms with Gasteiger partial charge in [0.1, 0.15) is 5.82 Å². The summed E-state index contributed by atoms with van der Waals surface area (Å²) in [6, 6.07) is 4.26. The van der Waals surface area contributed by atoms with Crippen molar-refractivity contribution < 1.29 is 14.7 Å². The van der Waals surface area contributed by atoms with E-state index >= 15 is 0 Å². The van der Waals surface area contributed by atoms with Crippen molar-refractivity contribution in [2.45, 2.75) is 19.4 Å². The van der Waals surface area contributed by atoms with Crippen LogP contribution in [0, 0.1) is 5.82 Å². The third kappa shape index (κ3) is 3.59. The number of halogens is 1. The van der Waals surface area contributed by atoms with Crippen molar-refractivity contribution in [2.75, 3.05) is 18.5 Å². The van der Waals surface area contributed by atoms with Gasteiger partial charge in [0.05, 0.1) is 11.3 Å². The van der Waals surface area contributed by atoms with Crippen molar-refractivity contribution in [2.24, 2.45) is 10.9 Å². The SMILES string of the molecule is CN(CC(C)(C)O)c1ccc(C(N)=NO)cc1F. The molecule has 0 spiro atoms. The first-order valence-corrected chi connectivity index (χ1v) is 5.45. The highest BCUT2D eigenvalue weighted by Gasteiger charge is 2.18. The van der Waals surface area contributed by atoms with Gasteiger partial charge in [0.15, 0.2) is 5.84 Å². The summed E-state index contributed by atoms with van der Waals surface area (Å²) >= 11 is 0. The van der Waals surface area contributed by atoms with Gasteiger partial charge in [-0.05, 0) is 32.0 Å². The van der Waals surface area contributed by atoms with Crippen LogP contribution in [-0.2, 0) is 0 Å². The molecular weight excluding hydrogens is 237 g/mol. The van der Waals surface area contributed by atoms with E-state index in [-0.39, 0.29) is 12.4 Å². The highest BCUT2D eigenvalue weighted by molar-refractivity contribution is 5.97. The molecule has 0 saturated heterocycles. The molecule has 1 rings (SSSR count). The van der Waals surface area contributed by atoms with Gasteiger partial charge >= 0.3 is 0 Å². The topological polar surface area (TPSA) is 82.1 Å². The number of rotatable bonds is 4. The number of amidine groups is 1. The first-order valence-electron chi connectivity index (χ1n) is 5.45. The van der Waals surface area contributed by atoms with Crippen molar-refractivity contribution in [3.05, 3.63) is 29.6 Å². The fraction of sp³-hybridized carbons (Fsp3) is 0.417. The summed E-state index contributed by atoms with van der Waals surface area (Å²) in [7, 11) is 1.68. The number of likely N-dealkylation sites (N-methyl/N-ethyl adjacent to an activating group) is 1. The molecule has 100 valence electrons. The number of nitrogens with two attached hydrogens (primary N) is 1. The Hall–Kier alpha value is -1.82. The molecule has 0 aliphatic rings. The second-order valence-corrected chi connectivity index (χ2v) is 4.82. The maximum atomic E-state index is 13.9. The van der Waals surface area contributed by atoms with Crippen LogP contribution >= 0.6 is 0 Å². The van der Waals surface area contributed by atoms with Crippen molar-refractivity contribution in [1.29, 1.82) is 0 Å². The summed E-state index contributed by atoms with van der Waals surface area (Å²) in [6.45, 7) is 3.57. The standard InChI is InChI=1S/C12H18FN3O2/c1-12(2,17)7-16(3)10-5-4-8(6-9(10)13)11(14)15-18/h4-6,17-18H,7H2,1-3H3,(H2,14,15). The summed E-state index contributed by atoms with van der Waals surface area (Å²) < 4.78 is 13.9. The van der Waals surface area contributed by atoms with E-state index in [2.05, 4.69) is 5.16 Å². The van der Waals surface area contributed by atoms with Gasteiger partial charge in [0.25, 0.3) is 0 Å². The number of oxime groups is 1. The smallest absolute Gasteiger partial charge is 0.170 e. The van der Waals surface area contributed by atoms with Crippen LogP contribution in [0.5, 0.6) is 0 Å². The lowest BCUT2D eigenvalue weighted by molar-refractivity contribution is 0.0885. The van der Waals surface area contributed by atoms with Crippen LogP contribution in [-0.4, -0.2) is 35.3 Å². The molecular formula is C12H18FN3O2. The second-order valence-electron chi connectivity index (χ2n) is 4.82. The van der Waals surface area contributed by atoms with Gasteiger partial charge in [0, 0.05) is 19.2 Å². The largest absolute Gasteiger partial charge is 0.409 e. The molecule has 0 amide bonds. The molecule has 0 unspecified atom stereocenters. The molecule has 0 fully saturated rings. The molecule has 0 aliphatic heterocycles. The van der Waals surface area contributed by atoms with Crippen molar-refractivity contribution in [3.63, 3.8) is 0 Å². The molecule has 18 heavy (non-hydrogen) atoms. The molecule has 0 saturated carbocycles. The predicted molar refractivity (Wildman–Crippen MR) is 68.5 cm³/mol. The van der Waals surface area contributed by atoms with Gasteiger partial charge in [-0.3, -0.25) is 0 Å². The third-order valence-electron chi connectivity index (χ3n) is 2.39. The van der Waals surface area contributed by atoms with Crippen molar-refractivity contribution >= 4 is 11.5 Å². The normalized spacial score (nSPS) is 12.6. The number of hydrogen-bond donors (Lipinski definition) is 3. The zero-order valence-corrected chi connectivity index (χ0v) is 10.7. The minimum Gasteiger partial charge on any atom is -0.409 e. The monoisotopic (exact) mass is 255 g/mol. The molecule has 0 bridgehead atoms. The number of hydrogen-bond acceptors (Lipinski definition) is 4. The minimum atomic E-state index is -0.925. The van der Waals surface area contributed by atoms with E-state index in [1.807, 2.05) is 0 Å². The maximum Gasteiger partial charge on any atom is 0.170 e. The van der Waals surface area contributed by atoms with Crippen LogP contribution in [0.25, 0.3) is 0 Å². The van der Waals surface area contributed by atoms with Crippen LogP contribution in [0.4, 0.5) is 10.1 Å². The van der Waals surface area contributed by atoms with Crippen LogP contribution < -0.4 is 10.6 Å². The second kappa shape index (κ2) is 5.22. The molecule has 6 heteroatoms. The zero-order chi connectivity index (χ0) is 13.9. The van der Waals surface area contributed by atoms with Gasteiger partial charge < -0.3 is 20.9 Å². The van der Waals surface area contributed by atoms with Gasteiger partial charge in [-0.25, -0.2) is 4.39 Å². The Labute approximate surface area is 105 Å². The Morgan fingerprint density at radius 3 is 2.56 bits per heavy atom. The molecule has 0 aromatic heterocycles. The Morgan fingerprint density at radius 2 is 2.11 bits per heavy atom. The number of aliphatic hydroxyl groups is 1. The molecule has 0 radical (unpaired) electrons. The molecule has 4 N–H and O–H groups in total. The van der Waals surface area contributed by atoms with E-state index < -0.39 is 11.4 Å². The number of benzene rings is 1. The molecule has 5 nitrogen and oxygen atoms in total. The summed E-state index contributed by atoms with van der Waals surface area (Å²) in [5.41, 5.74) is 5.09. The Morgan fingerprint density at radius 1 is 1.50 bits per heavy atom. The van der Waals surface area contributed by atoms with Crippen LogP contribution in [0.1, 0.15) is 19.4 Å². The average Bonchev–Trinajstić information content (AvgIpc) is 2.25. The predicted octanol–water partition coefficient (Wildman–Crippen LogP) is 1.13. The lowest BCUT2D eigenvalue weighted by Crippen LogP contribution is -2.36. The van der Waals surface area contributed by atoms with Crippen LogP contribution in [0.2, 0.25) is 0 Å². The number of anilines is 1. The van der Waals surface area contributed by atoms with Crippen LogP contribution in [0.3, 0.4) is 0 Å². The fourth-order valence-corrected chi connectivity index (χ4v) is 1.70. The summed E-state index contributed by atoms with van der Waals surface area (Å²) in [4.78, 5) is 1.60. The zero-order valence-electron chi connectivity index (χ0n) is 10.7. The lowest BCUT2D eigenvalue weighted by atomic mass is 10.1.